The van der Waals surface area contributed by atoms with E-state index in [1.807, 2.05) is 0 Å². The Labute approximate surface area is 107 Å². The molecule has 0 aliphatic rings. The highest BCUT2D eigenvalue weighted by Gasteiger charge is 2.20. The number of nitrogens with two attached hydrogens (primary N) is 1. The van der Waals surface area contributed by atoms with Crippen LogP contribution in [-0.4, -0.2) is 16.5 Å². The van der Waals surface area contributed by atoms with E-state index in [1.165, 1.54) is 12.1 Å². The van der Waals surface area contributed by atoms with Gasteiger partial charge in [-0.3, -0.25) is 10.1 Å². The molecule has 0 fully saturated rings. The molecule has 6 heteroatoms. The quantitative estimate of drug-likeness (QED) is 0.634. The second-order valence-corrected chi connectivity index (χ2v) is 5.54. The van der Waals surface area contributed by atoms with Gasteiger partial charge in [0.25, 0.3) is 5.69 Å². The Hall–Kier alpha value is -1.85. The summed E-state index contributed by atoms with van der Waals surface area (Å²) in [6.07, 6.45) is 0. The van der Waals surface area contributed by atoms with Gasteiger partial charge in [0.1, 0.15) is 11.6 Å². The van der Waals surface area contributed by atoms with E-state index in [-0.39, 0.29) is 16.9 Å². The lowest BCUT2D eigenvalue weighted by molar-refractivity contribution is -0.384. The first-order valence-electron chi connectivity index (χ1n) is 5.86. The molecule has 1 aromatic rings. The standard InChI is InChI=1S/C12H20N4O2/c1-8(12(2,3)4)7-14-11-6-9(16(17)18)5-10(13)15-11/h5-6,8H,7H2,1-4H3,(H3,13,14,15). The summed E-state index contributed by atoms with van der Waals surface area (Å²) in [6, 6.07) is 2.64. The summed E-state index contributed by atoms with van der Waals surface area (Å²) < 4.78 is 0. The van der Waals surface area contributed by atoms with Crippen LogP contribution in [-0.2, 0) is 0 Å². The average Bonchev–Trinajstić information content (AvgIpc) is 2.23. The SMILES string of the molecule is CC(CNc1cc([N+](=O)[O-])cc(N)n1)C(C)(C)C. The molecule has 1 aromatic heterocycles. The fourth-order valence-electron chi connectivity index (χ4n) is 1.30. The Bertz CT molecular complexity index is 440. The molecule has 0 radical (unpaired) electrons. The molecule has 0 amide bonds. The molecule has 18 heavy (non-hydrogen) atoms. The maximum atomic E-state index is 10.7. The van der Waals surface area contributed by atoms with Crippen molar-refractivity contribution in [3.8, 4) is 0 Å². The average molecular weight is 252 g/mol. The Morgan fingerprint density at radius 2 is 2.11 bits per heavy atom. The minimum absolute atomic E-state index is 0.0478. The van der Waals surface area contributed by atoms with Gasteiger partial charge in [0.2, 0.25) is 0 Å². The number of aromatic nitrogens is 1. The second kappa shape index (κ2) is 5.20. The number of nitro groups is 1. The van der Waals surface area contributed by atoms with E-state index in [0.29, 0.717) is 18.3 Å². The Morgan fingerprint density at radius 1 is 1.50 bits per heavy atom. The molecular formula is C12H20N4O2. The fourth-order valence-corrected chi connectivity index (χ4v) is 1.30. The number of anilines is 2. The lowest BCUT2D eigenvalue weighted by Gasteiger charge is -2.27. The van der Waals surface area contributed by atoms with Gasteiger partial charge in [-0.15, -0.1) is 0 Å². The lowest BCUT2D eigenvalue weighted by atomic mass is 9.82. The van der Waals surface area contributed by atoms with E-state index in [2.05, 4.69) is 38.0 Å². The predicted molar refractivity (Wildman–Crippen MR) is 72.4 cm³/mol. The van der Waals surface area contributed by atoms with E-state index in [1.54, 1.807) is 0 Å². The summed E-state index contributed by atoms with van der Waals surface area (Å²) in [5, 5.41) is 13.8. The lowest BCUT2D eigenvalue weighted by Crippen LogP contribution is -2.25. The first-order valence-corrected chi connectivity index (χ1v) is 5.86. The van der Waals surface area contributed by atoms with Crippen LogP contribution in [0.5, 0.6) is 0 Å². The van der Waals surface area contributed by atoms with Crippen molar-refractivity contribution >= 4 is 17.3 Å². The van der Waals surface area contributed by atoms with Gasteiger partial charge in [0, 0.05) is 6.54 Å². The highest BCUT2D eigenvalue weighted by atomic mass is 16.6. The summed E-state index contributed by atoms with van der Waals surface area (Å²) >= 11 is 0. The van der Waals surface area contributed by atoms with Crippen molar-refractivity contribution in [3.05, 3.63) is 22.2 Å². The van der Waals surface area contributed by atoms with E-state index in [4.69, 9.17) is 5.73 Å². The molecule has 1 atom stereocenters. The fraction of sp³-hybridized carbons (Fsp3) is 0.583. The zero-order chi connectivity index (χ0) is 13.9. The third kappa shape index (κ3) is 3.87. The van der Waals surface area contributed by atoms with Crippen LogP contribution >= 0.6 is 0 Å². The van der Waals surface area contributed by atoms with Crippen LogP contribution in [0.25, 0.3) is 0 Å². The van der Waals surface area contributed by atoms with Gasteiger partial charge in [-0.05, 0) is 11.3 Å². The molecule has 0 bridgehead atoms. The molecule has 3 N–H and O–H groups in total. The molecule has 1 heterocycles. The monoisotopic (exact) mass is 252 g/mol. The van der Waals surface area contributed by atoms with Crippen molar-refractivity contribution in [1.29, 1.82) is 0 Å². The van der Waals surface area contributed by atoms with Crippen molar-refractivity contribution in [2.45, 2.75) is 27.7 Å². The van der Waals surface area contributed by atoms with Crippen LogP contribution in [0, 0.1) is 21.4 Å². The van der Waals surface area contributed by atoms with E-state index in [0.717, 1.165) is 0 Å². The number of nitrogens with one attached hydrogen (secondary N) is 1. The molecule has 0 aliphatic heterocycles. The first-order chi connectivity index (χ1) is 8.20. The van der Waals surface area contributed by atoms with Gasteiger partial charge in [-0.2, -0.15) is 0 Å². The van der Waals surface area contributed by atoms with Crippen molar-refractivity contribution in [2.75, 3.05) is 17.6 Å². The number of rotatable bonds is 4. The predicted octanol–water partition coefficient (Wildman–Crippen LogP) is 2.67. The zero-order valence-electron chi connectivity index (χ0n) is 11.2. The third-order valence-electron chi connectivity index (χ3n) is 3.11. The highest BCUT2D eigenvalue weighted by molar-refractivity contribution is 5.52. The van der Waals surface area contributed by atoms with Crippen LogP contribution in [0.4, 0.5) is 17.3 Å². The Kier molecular flexibility index (Phi) is 4.11. The van der Waals surface area contributed by atoms with Gasteiger partial charge in [0.15, 0.2) is 0 Å². The first kappa shape index (κ1) is 14.2. The zero-order valence-corrected chi connectivity index (χ0v) is 11.2. The normalized spacial score (nSPS) is 13.1. The molecule has 0 aliphatic carbocycles. The molecule has 6 nitrogen and oxygen atoms in total. The molecule has 100 valence electrons. The number of pyridine rings is 1. The molecular weight excluding hydrogens is 232 g/mol. The van der Waals surface area contributed by atoms with Gasteiger partial charge in [0.05, 0.1) is 17.1 Å². The largest absolute Gasteiger partial charge is 0.383 e. The van der Waals surface area contributed by atoms with Crippen molar-refractivity contribution in [2.24, 2.45) is 11.3 Å². The molecule has 0 saturated heterocycles. The summed E-state index contributed by atoms with van der Waals surface area (Å²) in [5.41, 5.74) is 5.65. The number of nitrogens with zero attached hydrogens (tertiary/aromatic N) is 2. The maximum Gasteiger partial charge on any atom is 0.276 e. The van der Waals surface area contributed by atoms with Crippen LogP contribution in [0.1, 0.15) is 27.7 Å². The molecule has 1 rings (SSSR count). The smallest absolute Gasteiger partial charge is 0.276 e. The molecule has 0 saturated carbocycles. The Morgan fingerprint density at radius 3 is 2.61 bits per heavy atom. The molecule has 1 unspecified atom stereocenters. The maximum absolute atomic E-state index is 10.7. The Balaban J connectivity index is 2.77. The van der Waals surface area contributed by atoms with Crippen LogP contribution in [0.3, 0.4) is 0 Å². The minimum Gasteiger partial charge on any atom is -0.383 e. The topological polar surface area (TPSA) is 94.1 Å². The van der Waals surface area contributed by atoms with Gasteiger partial charge in [-0.25, -0.2) is 4.98 Å². The summed E-state index contributed by atoms with van der Waals surface area (Å²) in [4.78, 5) is 14.3. The van der Waals surface area contributed by atoms with Crippen LogP contribution < -0.4 is 11.1 Å². The van der Waals surface area contributed by atoms with Crippen molar-refractivity contribution in [1.82, 2.24) is 4.98 Å². The van der Waals surface area contributed by atoms with Crippen LogP contribution in [0.2, 0.25) is 0 Å². The number of hydrogen-bond acceptors (Lipinski definition) is 5. The molecule has 0 spiro atoms. The van der Waals surface area contributed by atoms with E-state index < -0.39 is 4.92 Å². The van der Waals surface area contributed by atoms with Gasteiger partial charge < -0.3 is 11.1 Å². The summed E-state index contributed by atoms with van der Waals surface area (Å²) in [6.45, 7) is 9.25. The summed E-state index contributed by atoms with van der Waals surface area (Å²) in [7, 11) is 0. The van der Waals surface area contributed by atoms with E-state index in [9.17, 15) is 10.1 Å². The summed E-state index contributed by atoms with van der Waals surface area (Å²) in [5.74, 6) is 0.993. The minimum atomic E-state index is -0.476. The number of nitrogen functional groups attached to an aromatic ring is 1. The number of hydrogen-bond donors (Lipinski definition) is 2. The molecule has 0 aromatic carbocycles. The van der Waals surface area contributed by atoms with Gasteiger partial charge >= 0.3 is 0 Å². The second-order valence-electron chi connectivity index (χ2n) is 5.54. The van der Waals surface area contributed by atoms with Crippen LogP contribution in [0.15, 0.2) is 12.1 Å². The van der Waals surface area contributed by atoms with E-state index >= 15 is 0 Å². The van der Waals surface area contributed by atoms with Crippen molar-refractivity contribution < 1.29 is 4.92 Å². The highest BCUT2D eigenvalue weighted by Crippen LogP contribution is 2.26. The van der Waals surface area contributed by atoms with Gasteiger partial charge in [-0.1, -0.05) is 27.7 Å². The van der Waals surface area contributed by atoms with Crippen molar-refractivity contribution in [3.63, 3.8) is 0 Å². The third-order valence-corrected chi connectivity index (χ3v) is 3.11.